The van der Waals surface area contributed by atoms with E-state index in [0.29, 0.717) is 0 Å². The Morgan fingerprint density at radius 2 is 1.64 bits per heavy atom. The van der Waals surface area contributed by atoms with Crippen LogP contribution in [0.2, 0.25) is 5.04 Å². The average Bonchev–Trinajstić information content (AvgIpc) is 3.24. The van der Waals surface area contributed by atoms with E-state index in [1.807, 2.05) is 36.4 Å². The Labute approximate surface area is 229 Å². The summed E-state index contributed by atoms with van der Waals surface area (Å²) in [5, 5.41) is 3.59. The molecule has 3 aromatic rings. The molecule has 1 saturated heterocycles. The van der Waals surface area contributed by atoms with Crippen molar-refractivity contribution < 1.29 is 18.8 Å². The third kappa shape index (κ3) is 5.17. The first kappa shape index (κ1) is 28.7. The molecule has 2 aromatic carbocycles. The van der Waals surface area contributed by atoms with Crippen LogP contribution in [0.15, 0.2) is 76.4 Å². The van der Waals surface area contributed by atoms with E-state index in [9.17, 15) is 14.4 Å². The van der Waals surface area contributed by atoms with Gasteiger partial charge in [0.15, 0.2) is 0 Å². The molecule has 0 saturated carbocycles. The minimum absolute atomic E-state index is 0.0892. The Bertz CT molecular complexity index is 1380. The van der Waals surface area contributed by atoms with Gasteiger partial charge in [-0.05, 0) is 29.3 Å². The minimum Gasteiger partial charge on any atom is -0.462 e. The summed E-state index contributed by atoms with van der Waals surface area (Å²) in [6.45, 7) is 10.2. The Balaban J connectivity index is 1.76. The number of H-pyrrole nitrogens is 1. The van der Waals surface area contributed by atoms with Crippen molar-refractivity contribution in [3.05, 3.63) is 93.3 Å². The molecule has 1 fully saturated rings. The predicted octanol–water partition coefficient (Wildman–Crippen LogP) is 2.27. The molecule has 4 rings (SSSR count). The molecular weight excluding hydrogens is 514 g/mol. The van der Waals surface area contributed by atoms with Gasteiger partial charge >= 0.3 is 11.7 Å². The zero-order chi connectivity index (χ0) is 28.4. The van der Waals surface area contributed by atoms with E-state index in [2.05, 4.69) is 50.0 Å². The number of benzene rings is 2. The molecule has 10 heteroatoms. The third-order valence-electron chi connectivity index (χ3n) is 7.33. The van der Waals surface area contributed by atoms with Crippen molar-refractivity contribution in [2.24, 2.45) is 0 Å². The molecule has 1 aliphatic heterocycles. The molecular formula is C29H37N3O6Si. The van der Waals surface area contributed by atoms with Crippen LogP contribution in [-0.2, 0) is 24.5 Å². The number of esters is 1. The number of likely N-dealkylation sites (N-methyl/N-ethyl adjacent to an activating group) is 1. The highest BCUT2D eigenvalue weighted by molar-refractivity contribution is 6.99. The summed E-state index contributed by atoms with van der Waals surface area (Å²) >= 11 is 0. The number of rotatable bonds is 8. The third-order valence-corrected chi connectivity index (χ3v) is 12.3. The number of hydrogen-bond donors (Lipinski definition) is 1. The molecule has 1 N–H and O–H groups in total. The van der Waals surface area contributed by atoms with Crippen molar-refractivity contribution in [3.63, 3.8) is 0 Å². The normalized spacial score (nSPS) is 20.2. The Hall–Kier alpha value is -3.31. The number of nitrogens with one attached hydrogen (secondary N) is 1. The summed E-state index contributed by atoms with van der Waals surface area (Å²) in [5.74, 6) is -0.710. The molecule has 2 heterocycles. The lowest BCUT2D eigenvalue weighted by molar-refractivity contribution is -0.238. The first-order valence-electron chi connectivity index (χ1n) is 13.1. The average molecular weight is 552 g/mol. The molecule has 2 atom stereocenters. The fourth-order valence-corrected chi connectivity index (χ4v) is 9.98. The van der Waals surface area contributed by atoms with Crippen molar-refractivity contribution >= 4 is 24.7 Å². The standard InChI is InChI=1S/C29H37N3O6Si/c1-7-36-26(34)29(32-19-21(2)25(33)30-27(32)35)18-22(31(6)38-29)20-37-39(28(3,4)5,23-14-10-8-11-15-23)24-16-12-9-13-17-24/h8-17,19,22H,7,18,20H2,1-6H3,(H,30,33,35)/t22-,29+/m1/s1. The van der Waals surface area contributed by atoms with E-state index in [0.717, 1.165) is 14.9 Å². The van der Waals surface area contributed by atoms with E-state index in [4.69, 9.17) is 14.0 Å². The molecule has 208 valence electrons. The van der Waals surface area contributed by atoms with Crippen molar-refractivity contribution in [3.8, 4) is 0 Å². The largest absolute Gasteiger partial charge is 0.462 e. The maximum atomic E-state index is 13.4. The smallest absolute Gasteiger partial charge is 0.362 e. The van der Waals surface area contributed by atoms with Crippen LogP contribution in [0.1, 0.15) is 39.7 Å². The van der Waals surface area contributed by atoms with Crippen LogP contribution in [-0.4, -0.2) is 55.2 Å². The van der Waals surface area contributed by atoms with Gasteiger partial charge in [0.05, 0.1) is 19.3 Å². The Morgan fingerprint density at radius 3 is 2.15 bits per heavy atom. The molecule has 1 aromatic heterocycles. The lowest BCUT2D eigenvalue weighted by atomic mass is 10.0. The van der Waals surface area contributed by atoms with Crippen molar-refractivity contribution in [2.45, 2.75) is 57.8 Å². The lowest BCUT2D eigenvalue weighted by Crippen LogP contribution is -2.67. The van der Waals surface area contributed by atoms with Gasteiger partial charge in [0.2, 0.25) is 0 Å². The first-order chi connectivity index (χ1) is 18.5. The monoisotopic (exact) mass is 551 g/mol. The van der Waals surface area contributed by atoms with Crippen LogP contribution in [0, 0.1) is 6.92 Å². The highest BCUT2D eigenvalue weighted by Crippen LogP contribution is 2.39. The SMILES string of the molecule is CCOC(=O)[C@]1(n2cc(C)c(=O)[nH]c2=O)C[C@H](CO[Si](c2ccccc2)(c2ccccc2)C(C)(C)C)N(C)O1. The molecule has 9 nitrogen and oxygen atoms in total. The lowest BCUT2D eigenvalue weighted by Gasteiger charge is -2.43. The minimum atomic E-state index is -2.86. The van der Waals surface area contributed by atoms with Crippen LogP contribution in [0.5, 0.6) is 0 Å². The number of hydroxylamine groups is 2. The zero-order valence-electron chi connectivity index (χ0n) is 23.4. The van der Waals surface area contributed by atoms with E-state index >= 15 is 0 Å². The molecule has 1 aliphatic rings. The number of aromatic nitrogens is 2. The molecule has 0 unspecified atom stereocenters. The number of hydrogen-bond acceptors (Lipinski definition) is 7. The van der Waals surface area contributed by atoms with Crippen molar-refractivity contribution in [1.29, 1.82) is 0 Å². The van der Waals surface area contributed by atoms with Crippen molar-refractivity contribution in [2.75, 3.05) is 20.3 Å². The van der Waals surface area contributed by atoms with Gasteiger partial charge < -0.3 is 9.16 Å². The van der Waals surface area contributed by atoms with Gasteiger partial charge in [-0.15, -0.1) is 0 Å². The summed E-state index contributed by atoms with van der Waals surface area (Å²) in [6.07, 6.45) is 1.43. The Kier molecular flexibility index (Phi) is 8.13. The van der Waals surface area contributed by atoms with Crippen LogP contribution in [0.25, 0.3) is 0 Å². The van der Waals surface area contributed by atoms with Crippen molar-refractivity contribution in [1.82, 2.24) is 14.6 Å². The van der Waals surface area contributed by atoms with Crippen LogP contribution >= 0.6 is 0 Å². The summed E-state index contributed by atoms with van der Waals surface area (Å²) in [6, 6.07) is 20.2. The van der Waals surface area contributed by atoms with Gasteiger partial charge in [-0.3, -0.25) is 19.2 Å². The number of aryl methyl sites for hydroxylation is 1. The zero-order valence-corrected chi connectivity index (χ0v) is 24.4. The number of nitrogens with zero attached hydrogens (tertiary/aromatic N) is 2. The summed E-state index contributed by atoms with van der Waals surface area (Å²) in [4.78, 5) is 46.7. The maximum absolute atomic E-state index is 13.4. The van der Waals surface area contributed by atoms with E-state index in [1.54, 1.807) is 26.0 Å². The number of carbonyl (C=O) groups excluding carboxylic acids is 1. The van der Waals surface area contributed by atoms with Crippen LogP contribution in [0.3, 0.4) is 0 Å². The van der Waals surface area contributed by atoms with Gasteiger partial charge in [-0.1, -0.05) is 81.4 Å². The molecule has 0 aliphatic carbocycles. The van der Waals surface area contributed by atoms with Gasteiger partial charge in [0, 0.05) is 25.2 Å². The topological polar surface area (TPSA) is 103 Å². The second kappa shape index (κ2) is 11.0. The quantitative estimate of drug-likeness (QED) is 0.338. The fourth-order valence-electron chi connectivity index (χ4n) is 5.38. The van der Waals surface area contributed by atoms with Crippen LogP contribution < -0.4 is 21.6 Å². The van der Waals surface area contributed by atoms with E-state index in [-0.39, 0.29) is 30.2 Å². The van der Waals surface area contributed by atoms with Gasteiger partial charge in [0.25, 0.3) is 19.6 Å². The molecule has 39 heavy (non-hydrogen) atoms. The maximum Gasteiger partial charge on any atom is 0.362 e. The van der Waals surface area contributed by atoms with E-state index < -0.39 is 37.3 Å². The molecule has 0 amide bonds. The fraction of sp³-hybridized carbons (Fsp3) is 0.414. The summed E-state index contributed by atoms with van der Waals surface area (Å²) in [7, 11) is -1.14. The van der Waals surface area contributed by atoms with E-state index in [1.165, 1.54) is 6.20 Å². The van der Waals surface area contributed by atoms with Gasteiger partial charge in [-0.2, -0.15) is 5.06 Å². The summed E-state index contributed by atoms with van der Waals surface area (Å²) in [5.41, 5.74) is -2.78. The number of aromatic amines is 1. The van der Waals surface area contributed by atoms with Gasteiger partial charge in [0.1, 0.15) is 0 Å². The highest BCUT2D eigenvalue weighted by Gasteiger charge is 2.56. The first-order valence-corrected chi connectivity index (χ1v) is 15.0. The number of ether oxygens (including phenoxy) is 1. The summed E-state index contributed by atoms with van der Waals surface area (Å²) < 4.78 is 13.6. The second-order valence-corrected chi connectivity index (χ2v) is 15.2. The Morgan fingerprint density at radius 1 is 1.08 bits per heavy atom. The molecule has 0 spiro atoms. The van der Waals surface area contributed by atoms with Crippen LogP contribution in [0.4, 0.5) is 0 Å². The number of carbonyl (C=O) groups is 1. The molecule has 0 radical (unpaired) electrons. The van der Waals surface area contributed by atoms with Gasteiger partial charge in [-0.25, -0.2) is 9.59 Å². The highest BCUT2D eigenvalue weighted by atomic mass is 28.4. The second-order valence-electron chi connectivity index (χ2n) is 10.9. The predicted molar refractivity (Wildman–Crippen MR) is 151 cm³/mol. The molecule has 0 bridgehead atoms.